The van der Waals surface area contributed by atoms with Crippen molar-refractivity contribution in [2.45, 2.75) is 30.0 Å². The summed E-state index contributed by atoms with van der Waals surface area (Å²) < 4.78 is 64.8. The quantitative estimate of drug-likeness (QED) is 0.827. The highest BCUT2D eigenvalue weighted by atomic mass is 35.5. The van der Waals surface area contributed by atoms with Gasteiger partial charge in [0.15, 0.2) is 0 Å². The van der Waals surface area contributed by atoms with E-state index in [0.29, 0.717) is 12.1 Å². The molecule has 1 aromatic rings. The third-order valence-corrected chi connectivity index (χ3v) is 4.95. The lowest BCUT2D eigenvalue weighted by molar-refractivity contribution is -0.137. The maximum absolute atomic E-state index is 12.7. The van der Waals surface area contributed by atoms with Gasteiger partial charge >= 0.3 is 6.18 Å². The number of alkyl halides is 3. The van der Waals surface area contributed by atoms with E-state index >= 15 is 0 Å². The number of benzene rings is 1. The lowest BCUT2D eigenvalue weighted by Gasteiger charge is -2.17. The highest BCUT2D eigenvalue weighted by molar-refractivity contribution is 7.89. The minimum absolute atomic E-state index is 0. The summed E-state index contributed by atoms with van der Waals surface area (Å²) in [6, 6.07) is 1.76. The molecule has 0 saturated heterocycles. The second kappa shape index (κ2) is 6.92. The minimum atomic E-state index is -4.67. The first-order valence-electron chi connectivity index (χ1n) is 6.23. The van der Waals surface area contributed by atoms with Crippen LogP contribution < -0.4 is 10.5 Å². The van der Waals surface area contributed by atoms with E-state index in [-0.39, 0.29) is 29.9 Å². The molecule has 0 amide bonds. The Morgan fingerprint density at radius 2 is 1.91 bits per heavy atom. The molecule has 1 aliphatic rings. The maximum Gasteiger partial charge on any atom is 0.416 e. The van der Waals surface area contributed by atoms with Gasteiger partial charge in [-0.2, -0.15) is 13.2 Å². The van der Waals surface area contributed by atoms with E-state index in [9.17, 15) is 21.6 Å². The third-order valence-electron chi connectivity index (χ3n) is 3.26. The fourth-order valence-electron chi connectivity index (χ4n) is 1.98. The molecule has 0 bridgehead atoms. The van der Waals surface area contributed by atoms with Crippen LogP contribution in [0.3, 0.4) is 0 Å². The molecule has 0 spiro atoms. The van der Waals surface area contributed by atoms with Gasteiger partial charge in [0.25, 0.3) is 0 Å². The summed E-state index contributed by atoms with van der Waals surface area (Å²) in [6.45, 7) is 0.0938. The summed E-state index contributed by atoms with van der Waals surface area (Å²) in [7, 11) is -4.10. The van der Waals surface area contributed by atoms with Crippen molar-refractivity contribution in [2.24, 2.45) is 11.7 Å². The molecule has 1 unspecified atom stereocenters. The monoisotopic (exact) mass is 378 g/mol. The van der Waals surface area contributed by atoms with Gasteiger partial charge in [-0.15, -0.1) is 12.4 Å². The highest BCUT2D eigenvalue weighted by Gasteiger charge is 2.35. The summed E-state index contributed by atoms with van der Waals surface area (Å²) in [5.41, 5.74) is 4.39. The van der Waals surface area contributed by atoms with Crippen LogP contribution in [0.1, 0.15) is 18.4 Å². The second-order valence-corrected chi connectivity index (χ2v) is 7.12. The second-order valence-electron chi connectivity index (χ2n) is 4.97. The minimum Gasteiger partial charge on any atom is -0.329 e. The first-order valence-corrected chi connectivity index (χ1v) is 8.10. The first kappa shape index (κ1) is 19.5. The van der Waals surface area contributed by atoms with Crippen LogP contribution in [0.2, 0.25) is 5.02 Å². The van der Waals surface area contributed by atoms with Gasteiger partial charge in [0.1, 0.15) is 0 Å². The van der Waals surface area contributed by atoms with E-state index < -0.39 is 32.7 Å². The first-order chi connectivity index (χ1) is 9.63. The van der Waals surface area contributed by atoms with E-state index in [1.54, 1.807) is 0 Å². The van der Waals surface area contributed by atoms with Gasteiger partial charge in [0, 0.05) is 17.6 Å². The van der Waals surface area contributed by atoms with E-state index in [1.807, 2.05) is 0 Å². The molecule has 10 heteroatoms. The number of nitrogens with two attached hydrogens (primary N) is 1. The van der Waals surface area contributed by atoms with Crippen molar-refractivity contribution in [3.05, 3.63) is 28.8 Å². The van der Waals surface area contributed by atoms with Crippen LogP contribution in [0.4, 0.5) is 13.2 Å². The Labute approximate surface area is 137 Å². The summed E-state index contributed by atoms with van der Waals surface area (Å²) in [6.07, 6.45) is -2.96. The SMILES string of the molecule is Cl.NCC(NS(=O)(=O)c1cc(Cl)cc(C(F)(F)F)c1)C1CC1. The summed E-state index contributed by atoms with van der Waals surface area (Å²) in [5.74, 6) is 0.144. The van der Waals surface area contributed by atoms with Crippen LogP contribution in [0.25, 0.3) is 0 Å². The average molecular weight is 379 g/mol. The van der Waals surface area contributed by atoms with Crippen molar-refractivity contribution in [2.75, 3.05) is 6.54 Å². The molecule has 1 atom stereocenters. The van der Waals surface area contributed by atoms with Crippen LogP contribution in [0.15, 0.2) is 23.1 Å². The van der Waals surface area contributed by atoms with E-state index in [0.717, 1.165) is 18.9 Å². The molecule has 3 N–H and O–H groups in total. The van der Waals surface area contributed by atoms with E-state index in [2.05, 4.69) is 4.72 Å². The largest absolute Gasteiger partial charge is 0.416 e. The molecule has 1 aromatic carbocycles. The fourth-order valence-corrected chi connectivity index (χ4v) is 3.67. The van der Waals surface area contributed by atoms with Crippen molar-refractivity contribution < 1.29 is 21.6 Å². The van der Waals surface area contributed by atoms with E-state index in [1.165, 1.54) is 0 Å². The summed E-state index contributed by atoms with van der Waals surface area (Å²) in [4.78, 5) is -0.513. The number of halogens is 5. The Morgan fingerprint density at radius 3 is 2.36 bits per heavy atom. The molecular formula is C12H15Cl2F3N2O2S. The highest BCUT2D eigenvalue weighted by Crippen LogP contribution is 2.35. The van der Waals surface area contributed by atoms with Gasteiger partial charge in [-0.3, -0.25) is 0 Å². The van der Waals surface area contributed by atoms with Crippen LogP contribution in [-0.2, 0) is 16.2 Å². The Balaban J connectivity index is 0.00000242. The van der Waals surface area contributed by atoms with Gasteiger partial charge in [-0.1, -0.05) is 11.6 Å². The molecule has 126 valence electrons. The number of nitrogens with one attached hydrogen (secondary N) is 1. The van der Waals surface area contributed by atoms with Crippen LogP contribution >= 0.6 is 24.0 Å². The summed E-state index contributed by atoms with van der Waals surface area (Å²) >= 11 is 5.59. The van der Waals surface area contributed by atoms with Gasteiger partial charge in [-0.25, -0.2) is 13.1 Å². The fraction of sp³-hybridized carbons (Fsp3) is 0.500. The Hall–Kier alpha value is -0.540. The molecule has 4 nitrogen and oxygen atoms in total. The predicted molar refractivity (Wildman–Crippen MR) is 79.6 cm³/mol. The molecule has 1 fully saturated rings. The Morgan fingerprint density at radius 1 is 1.32 bits per heavy atom. The smallest absolute Gasteiger partial charge is 0.329 e. The van der Waals surface area contributed by atoms with Crippen LogP contribution in [-0.4, -0.2) is 21.0 Å². The van der Waals surface area contributed by atoms with Gasteiger partial charge in [-0.05, 0) is 37.0 Å². The lowest BCUT2D eigenvalue weighted by atomic mass is 10.2. The average Bonchev–Trinajstić information content (AvgIpc) is 3.18. The number of rotatable bonds is 5. The zero-order valence-electron chi connectivity index (χ0n) is 11.2. The van der Waals surface area contributed by atoms with Crippen molar-refractivity contribution in [1.82, 2.24) is 4.72 Å². The maximum atomic E-state index is 12.7. The number of hydrogen-bond donors (Lipinski definition) is 2. The molecule has 0 heterocycles. The Kier molecular flexibility index (Phi) is 6.14. The lowest BCUT2D eigenvalue weighted by Crippen LogP contribution is -2.41. The topological polar surface area (TPSA) is 72.2 Å². The predicted octanol–water partition coefficient (Wildman–Crippen LogP) is 2.80. The molecule has 0 aromatic heterocycles. The zero-order valence-corrected chi connectivity index (χ0v) is 13.6. The molecule has 22 heavy (non-hydrogen) atoms. The number of hydrogen-bond acceptors (Lipinski definition) is 3. The molecule has 0 aliphatic heterocycles. The van der Waals surface area contributed by atoms with Crippen LogP contribution in [0.5, 0.6) is 0 Å². The normalized spacial score (nSPS) is 17.0. The van der Waals surface area contributed by atoms with Gasteiger partial charge in [0.05, 0.1) is 10.5 Å². The Bertz CT molecular complexity index is 634. The van der Waals surface area contributed by atoms with E-state index in [4.69, 9.17) is 17.3 Å². The molecule has 0 radical (unpaired) electrons. The molecule has 1 aliphatic carbocycles. The summed E-state index contributed by atoms with van der Waals surface area (Å²) in [5, 5.41) is -0.291. The standard InChI is InChI=1S/C12H14ClF3N2O2S.ClH/c13-9-3-8(12(14,15)16)4-10(5-9)21(19,20)18-11(6-17)7-1-2-7;/h3-5,7,11,18H,1-2,6,17H2;1H. The van der Waals surface area contributed by atoms with Crippen molar-refractivity contribution in [3.63, 3.8) is 0 Å². The van der Waals surface area contributed by atoms with Crippen molar-refractivity contribution >= 4 is 34.0 Å². The third kappa shape index (κ3) is 4.73. The molecular weight excluding hydrogens is 364 g/mol. The van der Waals surface area contributed by atoms with Crippen molar-refractivity contribution in [3.8, 4) is 0 Å². The molecule has 1 saturated carbocycles. The van der Waals surface area contributed by atoms with Gasteiger partial charge < -0.3 is 5.73 Å². The van der Waals surface area contributed by atoms with Crippen LogP contribution in [0, 0.1) is 5.92 Å². The number of sulfonamides is 1. The van der Waals surface area contributed by atoms with Gasteiger partial charge in [0.2, 0.25) is 10.0 Å². The van der Waals surface area contributed by atoms with Crippen molar-refractivity contribution in [1.29, 1.82) is 0 Å². The zero-order chi connectivity index (χ0) is 15.8. The molecule has 2 rings (SSSR count).